The van der Waals surface area contributed by atoms with Crippen LogP contribution >= 0.6 is 0 Å². The number of likely N-dealkylation sites (tertiary alicyclic amines) is 1. The van der Waals surface area contributed by atoms with Gasteiger partial charge in [-0.15, -0.1) is 0 Å². The highest BCUT2D eigenvalue weighted by molar-refractivity contribution is 5.76. The second-order valence-corrected chi connectivity index (χ2v) is 15.4. The number of benzene rings is 2. The van der Waals surface area contributed by atoms with Crippen LogP contribution in [0.3, 0.4) is 0 Å². The van der Waals surface area contributed by atoms with E-state index >= 15 is 0 Å². The van der Waals surface area contributed by atoms with Crippen LogP contribution in [0, 0.1) is 28.5 Å². The standard InChI is InChI=1S/C38H45FN6O3/c1-37(2,3)48-36(46)43-29-10-4-25(5-11-29)14-15-44-20-38(21-44)22-45(23-38)35-34(19-41-24-42-35)47-33-13-9-28(39)17-32(33)30-12-6-26(18-40)16-31(30)27-7-8-27/h6,9,12-13,16-17,19,24-25,27,29H,4-5,7-8,10-11,14-15,20-23H2,1-3H3,(H,43,46). The van der Waals surface area contributed by atoms with Crippen LogP contribution in [-0.4, -0.2) is 65.3 Å². The van der Waals surface area contributed by atoms with E-state index in [0.29, 0.717) is 34.5 Å². The molecule has 2 aliphatic carbocycles. The zero-order chi connectivity index (χ0) is 33.5. The predicted octanol–water partition coefficient (Wildman–Crippen LogP) is 7.42. The largest absolute Gasteiger partial charge is 0.451 e. The molecule has 252 valence electrons. The third-order valence-electron chi connectivity index (χ3n) is 10.2. The maximum atomic E-state index is 14.6. The van der Waals surface area contributed by atoms with Crippen molar-refractivity contribution in [1.82, 2.24) is 20.2 Å². The number of carbonyl (C=O) groups excluding carboxylic acids is 1. The minimum atomic E-state index is -0.472. The summed E-state index contributed by atoms with van der Waals surface area (Å²) >= 11 is 0. The summed E-state index contributed by atoms with van der Waals surface area (Å²) in [7, 11) is 0. The predicted molar refractivity (Wildman–Crippen MR) is 181 cm³/mol. The summed E-state index contributed by atoms with van der Waals surface area (Å²) in [4.78, 5) is 25.8. The molecule has 1 aromatic heterocycles. The van der Waals surface area contributed by atoms with E-state index in [0.717, 1.165) is 88.2 Å². The van der Waals surface area contributed by atoms with E-state index < -0.39 is 5.60 Å². The molecule has 3 heterocycles. The summed E-state index contributed by atoms with van der Waals surface area (Å²) in [5.74, 6) is 2.59. The molecule has 1 N–H and O–H groups in total. The molecule has 2 aromatic carbocycles. The van der Waals surface area contributed by atoms with Crippen molar-refractivity contribution >= 4 is 11.9 Å². The Balaban J connectivity index is 0.923. The Morgan fingerprint density at radius 2 is 1.79 bits per heavy atom. The number of ether oxygens (including phenoxy) is 2. The number of hydrogen-bond acceptors (Lipinski definition) is 8. The summed E-state index contributed by atoms with van der Waals surface area (Å²) in [5.41, 5.74) is 3.04. The Hall–Kier alpha value is -4.23. The molecule has 48 heavy (non-hydrogen) atoms. The molecule has 2 aliphatic heterocycles. The smallest absolute Gasteiger partial charge is 0.407 e. The molecular weight excluding hydrogens is 607 g/mol. The van der Waals surface area contributed by atoms with Crippen molar-refractivity contribution < 1.29 is 18.7 Å². The number of halogens is 1. The van der Waals surface area contributed by atoms with Gasteiger partial charge in [0, 0.05) is 43.2 Å². The zero-order valence-corrected chi connectivity index (χ0v) is 28.2. The molecule has 2 saturated heterocycles. The van der Waals surface area contributed by atoms with Crippen LogP contribution < -0.4 is 15.0 Å². The molecule has 0 radical (unpaired) electrons. The molecule has 9 nitrogen and oxygen atoms in total. The lowest BCUT2D eigenvalue weighted by molar-refractivity contribution is -0.0258. The number of carbonyl (C=O) groups is 1. The molecule has 10 heteroatoms. The second-order valence-electron chi connectivity index (χ2n) is 15.4. The van der Waals surface area contributed by atoms with Gasteiger partial charge in [0.1, 0.15) is 23.5 Å². The molecule has 4 aliphatic rings. The van der Waals surface area contributed by atoms with E-state index in [1.54, 1.807) is 24.7 Å². The molecular formula is C38H45FN6O3. The molecule has 0 bridgehead atoms. The third kappa shape index (κ3) is 7.26. The van der Waals surface area contributed by atoms with Crippen LogP contribution in [-0.2, 0) is 4.74 Å². The first-order valence-electron chi connectivity index (χ1n) is 17.4. The molecule has 7 rings (SSSR count). The maximum Gasteiger partial charge on any atom is 0.407 e. The Morgan fingerprint density at radius 3 is 2.50 bits per heavy atom. The highest BCUT2D eigenvalue weighted by atomic mass is 19.1. The van der Waals surface area contributed by atoms with Crippen molar-refractivity contribution in [2.45, 2.75) is 83.3 Å². The van der Waals surface area contributed by atoms with Crippen molar-refractivity contribution in [3.63, 3.8) is 0 Å². The van der Waals surface area contributed by atoms with Crippen LogP contribution in [0.1, 0.15) is 82.8 Å². The quantitative estimate of drug-likeness (QED) is 0.255. The van der Waals surface area contributed by atoms with Crippen molar-refractivity contribution in [2.75, 3.05) is 37.6 Å². The van der Waals surface area contributed by atoms with E-state index in [4.69, 9.17) is 9.47 Å². The molecule has 3 aromatic rings. The van der Waals surface area contributed by atoms with Crippen LogP contribution in [0.2, 0.25) is 0 Å². The Kier molecular flexibility index (Phi) is 8.75. The van der Waals surface area contributed by atoms with Gasteiger partial charge in [-0.1, -0.05) is 6.07 Å². The fourth-order valence-electron chi connectivity index (χ4n) is 7.76. The van der Waals surface area contributed by atoms with Crippen molar-refractivity contribution in [1.29, 1.82) is 5.26 Å². The van der Waals surface area contributed by atoms with Crippen LogP contribution in [0.15, 0.2) is 48.9 Å². The highest BCUT2D eigenvalue weighted by Crippen LogP contribution is 2.48. The molecule has 1 amide bonds. The van der Waals surface area contributed by atoms with E-state index in [9.17, 15) is 14.4 Å². The van der Waals surface area contributed by atoms with Gasteiger partial charge in [0.2, 0.25) is 0 Å². The molecule has 0 atom stereocenters. The number of anilines is 1. The van der Waals surface area contributed by atoms with Crippen molar-refractivity contribution in [3.05, 3.63) is 65.9 Å². The number of aromatic nitrogens is 2. The number of amides is 1. The van der Waals surface area contributed by atoms with Crippen LogP contribution in [0.25, 0.3) is 11.1 Å². The van der Waals surface area contributed by atoms with Gasteiger partial charge in [-0.3, -0.25) is 0 Å². The van der Waals surface area contributed by atoms with Gasteiger partial charge >= 0.3 is 6.09 Å². The number of nitrogens with one attached hydrogen (secondary N) is 1. The van der Waals surface area contributed by atoms with E-state index in [1.807, 2.05) is 32.9 Å². The minimum absolute atomic E-state index is 0.214. The average molecular weight is 653 g/mol. The Labute approximate surface area is 282 Å². The van der Waals surface area contributed by atoms with Gasteiger partial charge in [0.15, 0.2) is 11.6 Å². The average Bonchev–Trinajstić information content (AvgIpc) is 3.86. The normalized spacial score (nSPS) is 21.9. The lowest BCUT2D eigenvalue weighted by atomic mass is 9.72. The van der Waals surface area contributed by atoms with Gasteiger partial charge in [0.25, 0.3) is 0 Å². The summed E-state index contributed by atoms with van der Waals surface area (Å²) in [6.45, 7) is 10.8. The molecule has 1 spiro atoms. The number of nitrogens with zero attached hydrogens (tertiary/aromatic N) is 5. The fraction of sp³-hybridized carbons (Fsp3) is 0.526. The first-order valence-corrected chi connectivity index (χ1v) is 17.4. The second kappa shape index (κ2) is 13.0. The maximum absolute atomic E-state index is 14.6. The minimum Gasteiger partial charge on any atom is -0.451 e. The van der Waals surface area contributed by atoms with Gasteiger partial charge in [-0.05, 0) is 126 Å². The Bertz CT molecular complexity index is 1690. The van der Waals surface area contributed by atoms with Gasteiger partial charge < -0.3 is 24.6 Å². The fourth-order valence-corrected chi connectivity index (χ4v) is 7.76. The van der Waals surface area contributed by atoms with Gasteiger partial charge in [-0.25, -0.2) is 19.2 Å². The first-order chi connectivity index (χ1) is 23.1. The Morgan fingerprint density at radius 1 is 1.02 bits per heavy atom. The summed E-state index contributed by atoms with van der Waals surface area (Å²) in [6, 6.07) is 12.7. The third-order valence-corrected chi connectivity index (χ3v) is 10.2. The van der Waals surface area contributed by atoms with Crippen molar-refractivity contribution in [2.24, 2.45) is 11.3 Å². The highest BCUT2D eigenvalue weighted by Gasteiger charge is 2.52. The first kappa shape index (κ1) is 32.3. The van der Waals surface area contributed by atoms with E-state index in [1.165, 1.54) is 18.6 Å². The van der Waals surface area contributed by atoms with Crippen LogP contribution in [0.4, 0.5) is 15.0 Å². The summed E-state index contributed by atoms with van der Waals surface area (Å²) in [6.07, 6.45) is 10.6. The van der Waals surface area contributed by atoms with Gasteiger partial charge in [0.05, 0.1) is 17.8 Å². The number of alkyl carbamates (subject to hydrolysis) is 1. The molecule has 4 fully saturated rings. The van der Waals surface area contributed by atoms with Crippen molar-refractivity contribution in [3.8, 4) is 28.7 Å². The number of rotatable bonds is 9. The topological polar surface area (TPSA) is 104 Å². The van der Waals surface area contributed by atoms with Gasteiger partial charge in [-0.2, -0.15) is 5.26 Å². The lowest BCUT2D eigenvalue weighted by Crippen LogP contribution is -2.72. The monoisotopic (exact) mass is 652 g/mol. The van der Waals surface area contributed by atoms with Crippen LogP contribution in [0.5, 0.6) is 11.5 Å². The lowest BCUT2D eigenvalue weighted by Gasteiger charge is -2.61. The number of hydrogen-bond donors (Lipinski definition) is 1. The zero-order valence-electron chi connectivity index (χ0n) is 28.2. The number of nitriles is 1. The summed E-state index contributed by atoms with van der Waals surface area (Å²) < 4.78 is 26.5. The summed E-state index contributed by atoms with van der Waals surface area (Å²) in [5, 5.41) is 12.5. The van der Waals surface area contributed by atoms with E-state index in [-0.39, 0.29) is 23.4 Å². The SMILES string of the molecule is CC(C)(C)OC(=O)NC1CCC(CCN2CC3(C2)CN(c2ncncc2Oc2ccc(F)cc2-c2ccc(C#N)cc2C2CC2)C3)CC1. The molecule has 0 unspecified atom stereocenters. The van der Waals surface area contributed by atoms with E-state index in [2.05, 4.69) is 31.2 Å². The molecule has 2 saturated carbocycles.